The van der Waals surface area contributed by atoms with Gasteiger partial charge in [-0.05, 0) is 36.4 Å². The third kappa shape index (κ3) is 5.02. The number of hydrogen-bond donors (Lipinski definition) is 1. The second-order valence-corrected chi connectivity index (χ2v) is 9.41. The molecule has 0 saturated carbocycles. The van der Waals surface area contributed by atoms with Crippen molar-refractivity contribution in [2.45, 2.75) is 24.9 Å². The van der Waals surface area contributed by atoms with Gasteiger partial charge in [0.15, 0.2) is 0 Å². The smallest absolute Gasteiger partial charge is 0.321 e. The molecule has 1 spiro atoms. The number of nitrogens with one attached hydrogen (secondary N) is 1. The highest BCUT2D eigenvalue weighted by molar-refractivity contribution is 6.39. The molecule has 1 N–H and O–H groups in total. The number of pyridine rings is 1. The predicted octanol–water partition coefficient (Wildman–Crippen LogP) is 3.37. The van der Waals surface area contributed by atoms with E-state index in [1.807, 2.05) is 6.07 Å². The number of carbonyl (C=O) groups is 2. The lowest BCUT2D eigenvalue weighted by Crippen LogP contribution is -2.52. The van der Waals surface area contributed by atoms with Crippen molar-refractivity contribution < 1.29 is 18.8 Å². The number of hydrogen-bond acceptors (Lipinski definition) is 6. The Morgan fingerprint density at radius 3 is 2.40 bits per heavy atom. The Balaban J connectivity index is 1.10. The van der Waals surface area contributed by atoms with Crippen LogP contribution in [0.1, 0.15) is 19.3 Å². The Kier molecular flexibility index (Phi) is 6.46. The van der Waals surface area contributed by atoms with Gasteiger partial charge in [-0.3, -0.25) is 4.79 Å². The van der Waals surface area contributed by atoms with Gasteiger partial charge in [0.2, 0.25) is 0 Å². The van der Waals surface area contributed by atoms with Crippen LogP contribution in [0.15, 0.2) is 47.8 Å². The van der Waals surface area contributed by atoms with Gasteiger partial charge in [-0.2, -0.15) is 0 Å². The summed E-state index contributed by atoms with van der Waals surface area (Å²) in [5.74, 6) is 0.272. The molecular weight excluding hydrogens is 475 g/mol. The Labute approximate surface area is 207 Å². The van der Waals surface area contributed by atoms with Gasteiger partial charge in [0.25, 0.3) is 5.91 Å². The molecule has 4 heterocycles. The highest BCUT2D eigenvalue weighted by Gasteiger charge is 2.45. The lowest BCUT2D eigenvalue weighted by molar-refractivity contribution is -0.124. The molecule has 9 nitrogen and oxygen atoms in total. The van der Waals surface area contributed by atoms with Gasteiger partial charge >= 0.3 is 6.03 Å². The fraction of sp³-hybridized carbons (Fsp3) is 0.417. The Morgan fingerprint density at radius 1 is 1.00 bits per heavy atom. The number of anilines is 2. The van der Waals surface area contributed by atoms with Crippen molar-refractivity contribution in [2.75, 3.05) is 49.5 Å². The predicted molar refractivity (Wildman–Crippen MR) is 130 cm³/mol. The molecule has 0 radical (unpaired) electrons. The first kappa shape index (κ1) is 23.3. The molecule has 35 heavy (non-hydrogen) atoms. The third-order valence-corrected chi connectivity index (χ3v) is 7.04. The van der Waals surface area contributed by atoms with Gasteiger partial charge in [0, 0.05) is 70.4 Å². The molecular formula is C24H26ClFN6O3. The van der Waals surface area contributed by atoms with E-state index in [0.29, 0.717) is 75.0 Å². The van der Waals surface area contributed by atoms with Crippen molar-refractivity contribution >= 4 is 40.8 Å². The van der Waals surface area contributed by atoms with Crippen LogP contribution in [0.3, 0.4) is 0 Å². The molecule has 2 fully saturated rings. The van der Waals surface area contributed by atoms with Crippen LogP contribution in [0, 0.1) is 5.82 Å². The topological polar surface area (TPSA) is 90.4 Å². The normalized spacial score (nSPS) is 19.4. The molecule has 3 amide bonds. The molecule has 1 aromatic heterocycles. The summed E-state index contributed by atoms with van der Waals surface area (Å²) < 4.78 is 13.1. The van der Waals surface area contributed by atoms with Crippen molar-refractivity contribution in [1.82, 2.24) is 14.8 Å². The van der Waals surface area contributed by atoms with Crippen LogP contribution in [-0.4, -0.2) is 77.3 Å². The van der Waals surface area contributed by atoms with E-state index in [4.69, 9.17) is 16.4 Å². The van der Waals surface area contributed by atoms with Crippen LogP contribution in [0.4, 0.5) is 20.7 Å². The van der Waals surface area contributed by atoms with Crippen LogP contribution in [0.2, 0.25) is 5.02 Å². The standard InChI is InChI=1S/C24H26ClFN6O3/c25-19-2-1-9-27-21(19)30-12-14-31(15-13-30)22(33)20-16-24(35-29-20)7-10-32(11-8-24)23(34)28-18-5-3-17(26)4-6-18/h1-6,9H,7-8,10-16H2,(H,28,34). The molecule has 0 aliphatic carbocycles. The summed E-state index contributed by atoms with van der Waals surface area (Å²) in [5, 5.41) is 7.53. The van der Waals surface area contributed by atoms with Gasteiger partial charge < -0.3 is 24.9 Å². The minimum Gasteiger partial charge on any atom is -0.388 e. The first-order chi connectivity index (χ1) is 16.9. The second-order valence-electron chi connectivity index (χ2n) is 9.00. The highest BCUT2D eigenvalue weighted by Crippen LogP contribution is 2.35. The van der Waals surface area contributed by atoms with Gasteiger partial charge in [0.1, 0.15) is 22.9 Å². The molecule has 0 unspecified atom stereocenters. The molecule has 0 atom stereocenters. The van der Waals surface area contributed by atoms with Crippen molar-refractivity contribution in [3.63, 3.8) is 0 Å². The van der Waals surface area contributed by atoms with Gasteiger partial charge in [-0.25, -0.2) is 14.2 Å². The maximum absolute atomic E-state index is 13.1. The summed E-state index contributed by atoms with van der Waals surface area (Å²) in [6, 6.07) is 9.01. The quantitative estimate of drug-likeness (QED) is 0.698. The number of urea groups is 1. The summed E-state index contributed by atoms with van der Waals surface area (Å²) in [4.78, 5) is 41.3. The Morgan fingerprint density at radius 2 is 1.71 bits per heavy atom. The number of carbonyl (C=O) groups excluding carboxylic acids is 2. The lowest BCUT2D eigenvalue weighted by Gasteiger charge is -2.37. The SMILES string of the molecule is O=C(Nc1ccc(F)cc1)N1CCC2(CC1)CC(C(=O)N1CCN(c3ncccc3Cl)CC1)=NO2. The zero-order chi connectivity index (χ0) is 24.4. The number of rotatable bonds is 3. The fourth-order valence-electron chi connectivity index (χ4n) is 4.67. The number of amides is 3. The Hall–Kier alpha value is -3.40. The van der Waals surface area contributed by atoms with Crippen molar-refractivity contribution in [3.05, 3.63) is 53.4 Å². The number of benzene rings is 1. The van der Waals surface area contributed by atoms with Crippen molar-refractivity contribution in [3.8, 4) is 0 Å². The van der Waals surface area contributed by atoms with Gasteiger partial charge in [0.05, 0.1) is 5.02 Å². The van der Waals surface area contributed by atoms with E-state index in [2.05, 4.69) is 20.4 Å². The largest absolute Gasteiger partial charge is 0.388 e. The molecule has 3 aliphatic heterocycles. The van der Waals surface area contributed by atoms with Crippen molar-refractivity contribution in [1.29, 1.82) is 0 Å². The zero-order valence-electron chi connectivity index (χ0n) is 19.1. The Bertz CT molecular complexity index is 1130. The number of likely N-dealkylation sites (tertiary alicyclic amines) is 1. The van der Waals surface area contributed by atoms with E-state index in [-0.39, 0.29) is 17.8 Å². The van der Waals surface area contributed by atoms with E-state index < -0.39 is 5.60 Å². The summed E-state index contributed by atoms with van der Waals surface area (Å²) in [6.45, 7) is 3.34. The minimum absolute atomic E-state index is 0.106. The van der Waals surface area contributed by atoms with Crippen LogP contribution in [-0.2, 0) is 9.63 Å². The first-order valence-electron chi connectivity index (χ1n) is 11.6. The molecule has 5 rings (SSSR count). The summed E-state index contributed by atoms with van der Waals surface area (Å²) in [5.41, 5.74) is 0.412. The summed E-state index contributed by atoms with van der Waals surface area (Å²) >= 11 is 6.26. The monoisotopic (exact) mass is 500 g/mol. The third-order valence-electron chi connectivity index (χ3n) is 6.75. The second kappa shape index (κ2) is 9.69. The fourth-order valence-corrected chi connectivity index (χ4v) is 4.91. The average molecular weight is 501 g/mol. The van der Waals surface area contributed by atoms with E-state index >= 15 is 0 Å². The summed E-state index contributed by atoms with van der Waals surface area (Å²) in [6.07, 6.45) is 3.30. The number of piperazine rings is 1. The van der Waals surface area contributed by atoms with Gasteiger partial charge in [-0.1, -0.05) is 16.8 Å². The molecule has 0 bridgehead atoms. The lowest BCUT2D eigenvalue weighted by atomic mass is 9.86. The first-order valence-corrected chi connectivity index (χ1v) is 12.0. The van der Waals surface area contributed by atoms with Crippen LogP contribution >= 0.6 is 11.6 Å². The molecule has 2 aromatic rings. The van der Waals surface area contributed by atoms with Crippen LogP contribution in [0.5, 0.6) is 0 Å². The molecule has 2 saturated heterocycles. The number of oxime groups is 1. The molecule has 184 valence electrons. The number of aromatic nitrogens is 1. The minimum atomic E-state index is -0.555. The number of piperidine rings is 1. The number of nitrogens with zero attached hydrogens (tertiary/aromatic N) is 5. The maximum atomic E-state index is 13.1. The molecule has 3 aliphatic rings. The zero-order valence-corrected chi connectivity index (χ0v) is 19.9. The van der Waals surface area contributed by atoms with E-state index in [1.165, 1.54) is 24.3 Å². The molecule has 1 aromatic carbocycles. The van der Waals surface area contributed by atoms with E-state index in [1.54, 1.807) is 22.1 Å². The van der Waals surface area contributed by atoms with Crippen molar-refractivity contribution in [2.24, 2.45) is 5.16 Å². The number of halogens is 2. The highest BCUT2D eigenvalue weighted by atomic mass is 35.5. The van der Waals surface area contributed by atoms with Crippen LogP contribution in [0.25, 0.3) is 0 Å². The molecule has 11 heteroatoms. The van der Waals surface area contributed by atoms with E-state index in [0.717, 1.165) is 5.82 Å². The maximum Gasteiger partial charge on any atom is 0.321 e. The summed E-state index contributed by atoms with van der Waals surface area (Å²) in [7, 11) is 0. The average Bonchev–Trinajstić information content (AvgIpc) is 3.29. The van der Waals surface area contributed by atoms with Gasteiger partial charge in [-0.15, -0.1) is 0 Å². The van der Waals surface area contributed by atoms with E-state index in [9.17, 15) is 14.0 Å². The van der Waals surface area contributed by atoms with Crippen LogP contribution < -0.4 is 10.2 Å².